The summed E-state index contributed by atoms with van der Waals surface area (Å²) in [6, 6.07) is 5.98. The first-order valence-corrected chi connectivity index (χ1v) is 5.77. The van der Waals surface area contributed by atoms with Gasteiger partial charge in [0.2, 0.25) is 0 Å². The topological polar surface area (TPSA) is 50.4 Å². The zero-order valence-electron chi connectivity index (χ0n) is 9.06. The predicted octanol–water partition coefficient (Wildman–Crippen LogP) is 4.19. The van der Waals surface area contributed by atoms with E-state index in [1.54, 1.807) is 12.1 Å². The number of phenolic OH excluding ortho intramolecular Hbond substituents is 1. The van der Waals surface area contributed by atoms with Crippen LogP contribution in [0.15, 0.2) is 41.0 Å². The molecule has 0 radical (unpaired) electrons. The molecule has 0 unspecified atom stereocenters. The quantitative estimate of drug-likeness (QED) is 0.678. The second-order valence-electron chi connectivity index (χ2n) is 3.50. The van der Waals surface area contributed by atoms with E-state index in [2.05, 4.69) is 0 Å². The second kappa shape index (κ2) is 5.29. The first-order chi connectivity index (χ1) is 8.58. The van der Waals surface area contributed by atoms with Crippen LogP contribution in [0.25, 0.3) is 6.08 Å². The van der Waals surface area contributed by atoms with Crippen LogP contribution in [0.5, 0.6) is 5.75 Å². The van der Waals surface area contributed by atoms with Crippen molar-refractivity contribution >= 4 is 35.1 Å². The van der Waals surface area contributed by atoms with E-state index in [1.807, 2.05) is 0 Å². The van der Waals surface area contributed by atoms with E-state index in [0.717, 1.165) is 0 Å². The highest BCUT2D eigenvalue weighted by atomic mass is 35.5. The van der Waals surface area contributed by atoms with Gasteiger partial charge in [-0.05, 0) is 30.4 Å². The number of hydrogen-bond donors (Lipinski definition) is 1. The largest absolute Gasteiger partial charge is 0.507 e. The fraction of sp³-hybridized carbons (Fsp3) is 0. The molecule has 1 aromatic heterocycles. The molecule has 1 N–H and O–H groups in total. The average Bonchev–Trinajstić information content (AvgIpc) is 2.84. The molecule has 2 rings (SSSR count). The van der Waals surface area contributed by atoms with Gasteiger partial charge in [-0.25, -0.2) is 0 Å². The van der Waals surface area contributed by atoms with Gasteiger partial charge in [0.25, 0.3) is 0 Å². The van der Waals surface area contributed by atoms with E-state index in [0.29, 0.717) is 5.76 Å². The number of hydrogen-bond acceptors (Lipinski definition) is 3. The van der Waals surface area contributed by atoms with E-state index in [-0.39, 0.29) is 27.1 Å². The molecule has 0 bridgehead atoms. The third kappa shape index (κ3) is 2.75. The van der Waals surface area contributed by atoms with Gasteiger partial charge in [-0.2, -0.15) is 0 Å². The van der Waals surface area contributed by atoms with Crippen molar-refractivity contribution in [2.75, 3.05) is 0 Å². The average molecular weight is 283 g/mol. The molecule has 0 aliphatic rings. The number of allylic oxidation sites excluding steroid dienone is 1. The fourth-order valence-corrected chi connectivity index (χ4v) is 1.69. The number of aromatic hydroxyl groups is 1. The Bertz CT molecular complexity index is 601. The van der Waals surface area contributed by atoms with E-state index < -0.39 is 0 Å². The Morgan fingerprint density at radius 3 is 2.67 bits per heavy atom. The minimum atomic E-state index is -0.387. The summed E-state index contributed by atoms with van der Waals surface area (Å²) in [5.74, 6) is -0.0520. The molecule has 2 aromatic rings. The van der Waals surface area contributed by atoms with Gasteiger partial charge in [-0.3, -0.25) is 4.79 Å². The van der Waals surface area contributed by atoms with Crippen LogP contribution in [0, 0.1) is 0 Å². The normalized spacial score (nSPS) is 11.0. The summed E-state index contributed by atoms with van der Waals surface area (Å²) < 4.78 is 5.04. The Kier molecular flexibility index (Phi) is 3.75. The molecule has 0 aliphatic heterocycles. The lowest BCUT2D eigenvalue weighted by atomic mass is 10.1. The molecule has 1 heterocycles. The Labute approximate surface area is 113 Å². The summed E-state index contributed by atoms with van der Waals surface area (Å²) in [5.41, 5.74) is 0.0900. The number of benzene rings is 1. The van der Waals surface area contributed by atoms with Gasteiger partial charge in [-0.15, -0.1) is 0 Å². The van der Waals surface area contributed by atoms with Crippen molar-refractivity contribution in [3.8, 4) is 5.75 Å². The molecule has 0 atom stereocenters. The van der Waals surface area contributed by atoms with Crippen LogP contribution in [0.4, 0.5) is 0 Å². The number of carbonyl (C=O) groups is 1. The van der Waals surface area contributed by atoms with E-state index in [1.165, 1.54) is 30.5 Å². The third-order valence-corrected chi connectivity index (χ3v) is 2.97. The van der Waals surface area contributed by atoms with Crippen molar-refractivity contribution in [1.29, 1.82) is 0 Å². The van der Waals surface area contributed by atoms with Crippen LogP contribution in [0.1, 0.15) is 16.1 Å². The molecular formula is C13H8Cl2O3. The molecule has 0 fully saturated rings. The van der Waals surface area contributed by atoms with Crippen molar-refractivity contribution in [3.63, 3.8) is 0 Å². The summed E-state index contributed by atoms with van der Waals surface area (Å²) in [6.45, 7) is 0. The van der Waals surface area contributed by atoms with Crippen molar-refractivity contribution in [2.24, 2.45) is 0 Å². The molecule has 0 amide bonds. The van der Waals surface area contributed by atoms with Gasteiger partial charge in [0.1, 0.15) is 11.5 Å². The molecular weight excluding hydrogens is 275 g/mol. The summed E-state index contributed by atoms with van der Waals surface area (Å²) >= 11 is 11.5. The highest BCUT2D eigenvalue weighted by molar-refractivity contribution is 6.42. The van der Waals surface area contributed by atoms with Gasteiger partial charge >= 0.3 is 0 Å². The number of halogens is 2. The highest BCUT2D eigenvalue weighted by Crippen LogP contribution is 2.30. The summed E-state index contributed by atoms with van der Waals surface area (Å²) in [5, 5.41) is 10.0. The number of ketones is 1. The lowest BCUT2D eigenvalue weighted by Gasteiger charge is -2.02. The van der Waals surface area contributed by atoms with Crippen molar-refractivity contribution < 1.29 is 14.3 Å². The van der Waals surface area contributed by atoms with Crippen molar-refractivity contribution in [3.05, 3.63) is 58.0 Å². The van der Waals surface area contributed by atoms with Crippen LogP contribution in [-0.2, 0) is 0 Å². The monoisotopic (exact) mass is 282 g/mol. The van der Waals surface area contributed by atoms with Gasteiger partial charge in [0.15, 0.2) is 5.78 Å². The molecule has 5 heteroatoms. The number of furan rings is 1. The minimum Gasteiger partial charge on any atom is -0.507 e. The van der Waals surface area contributed by atoms with E-state index in [9.17, 15) is 9.90 Å². The van der Waals surface area contributed by atoms with Gasteiger partial charge in [0.05, 0.1) is 21.9 Å². The lowest BCUT2D eigenvalue weighted by Crippen LogP contribution is -1.95. The highest BCUT2D eigenvalue weighted by Gasteiger charge is 2.11. The number of phenols is 1. The minimum absolute atomic E-state index is 0.0900. The lowest BCUT2D eigenvalue weighted by molar-refractivity contribution is 0.104. The molecule has 1 aromatic carbocycles. The maximum absolute atomic E-state index is 11.8. The summed E-state index contributed by atoms with van der Waals surface area (Å²) in [4.78, 5) is 11.8. The van der Waals surface area contributed by atoms with Gasteiger partial charge in [0, 0.05) is 6.07 Å². The molecule has 3 nitrogen and oxygen atoms in total. The second-order valence-corrected chi connectivity index (χ2v) is 4.31. The smallest absolute Gasteiger partial charge is 0.189 e. The SMILES string of the molecule is O=C(/C=C/c1ccco1)c1cc(Cl)c(Cl)cc1O. The number of carbonyl (C=O) groups excluding carboxylic acids is 1. The molecule has 92 valence electrons. The molecule has 0 saturated heterocycles. The van der Waals surface area contributed by atoms with Crippen LogP contribution >= 0.6 is 23.2 Å². The number of rotatable bonds is 3. The fourth-order valence-electron chi connectivity index (χ4n) is 1.37. The first-order valence-electron chi connectivity index (χ1n) is 5.02. The zero-order valence-corrected chi connectivity index (χ0v) is 10.6. The standard InChI is InChI=1S/C13H8Cl2O3/c14-10-6-9(13(17)7-11(10)15)12(16)4-3-8-2-1-5-18-8/h1-7,17H/b4-3+. The molecule has 18 heavy (non-hydrogen) atoms. The first kappa shape index (κ1) is 12.7. The molecule has 0 saturated carbocycles. The molecule has 0 spiro atoms. The molecule has 0 aliphatic carbocycles. The van der Waals surface area contributed by atoms with E-state index in [4.69, 9.17) is 27.6 Å². The maximum atomic E-state index is 11.8. The van der Waals surface area contributed by atoms with Crippen LogP contribution in [0.2, 0.25) is 10.0 Å². The van der Waals surface area contributed by atoms with Crippen LogP contribution in [-0.4, -0.2) is 10.9 Å². The Morgan fingerprint density at radius 1 is 1.28 bits per heavy atom. The van der Waals surface area contributed by atoms with Gasteiger partial charge in [-0.1, -0.05) is 23.2 Å². The van der Waals surface area contributed by atoms with E-state index >= 15 is 0 Å². The Hall–Kier alpha value is -1.71. The van der Waals surface area contributed by atoms with Crippen molar-refractivity contribution in [2.45, 2.75) is 0 Å². The van der Waals surface area contributed by atoms with Crippen molar-refractivity contribution in [1.82, 2.24) is 0 Å². The zero-order chi connectivity index (χ0) is 13.1. The summed E-state index contributed by atoms with van der Waals surface area (Å²) in [6.07, 6.45) is 4.29. The predicted molar refractivity (Wildman–Crippen MR) is 70.2 cm³/mol. The third-order valence-electron chi connectivity index (χ3n) is 2.25. The Morgan fingerprint density at radius 2 is 2.00 bits per heavy atom. The van der Waals surface area contributed by atoms with Crippen LogP contribution < -0.4 is 0 Å². The van der Waals surface area contributed by atoms with Gasteiger partial charge < -0.3 is 9.52 Å². The Balaban J connectivity index is 2.27. The maximum Gasteiger partial charge on any atom is 0.189 e. The van der Waals surface area contributed by atoms with Crippen LogP contribution in [0.3, 0.4) is 0 Å². The summed E-state index contributed by atoms with van der Waals surface area (Å²) in [7, 11) is 0.